The zero-order valence-electron chi connectivity index (χ0n) is 15.3. The highest BCUT2D eigenvalue weighted by molar-refractivity contribution is 5.83. The number of aliphatic hydroxyl groups is 1. The molecule has 1 atom stereocenters. The molecule has 0 saturated carbocycles. The summed E-state index contributed by atoms with van der Waals surface area (Å²) in [4.78, 5) is 24.2. The Balaban J connectivity index is 1.77. The number of unbranched alkanes of at least 4 members (excludes halogenated alkanes) is 3. The molecule has 0 aromatic heterocycles. The number of carbonyl (C=O) groups excluding carboxylic acids is 1. The van der Waals surface area contributed by atoms with Crippen LogP contribution in [0.25, 0.3) is 0 Å². The Morgan fingerprint density at radius 3 is 2.54 bits per heavy atom. The lowest BCUT2D eigenvalue weighted by atomic mass is 9.92. The van der Waals surface area contributed by atoms with Gasteiger partial charge in [0.25, 0.3) is 0 Å². The van der Waals surface area contributed by atoms with Crippen LogP contribution in [0, 0.1) is 0 Å². The molecule has 0 radical (unpaired) electrons. The number of likely N-dealkylation sites (tertiary alicyclic amines) is 1. The van der Waals surface area contributed by atoms with E-state index in [1.807, 2.05) is 17.1 Å². The van der Waals surface area contributed by atoms with Gasteiger partial charge in [0.2, 0.25) is 5.91 Å². The summed E-state index contributed by atoms with van der Waals surface area (Å²) >= 11 is 0. The maximum Gasteiger partial charge on any atom is 0.303 e. The van der Waals surface area contributed by atoms with Crippen LogP contribution in [0.15, 0.2) is 36.4 Å². The van der Waals surface area contributed by atoms with Crippen molar-refractivity contribution in [1.29, 1.82) is 0 Å². The number of aliphatic hydroxyl groups excluding tert-OH is 1. The van der Waals surface area contributed by atoms with Crippen molar-refractivity contribution in [3.63, 3.8) is 0 Å². The van der Waals surface area contributed by atoms with E-state index in [4.69, 9.17) is 10.2 Å². The van der Waals surface area contributed by atoms with Crippen LogP contribution in [-0.2, 0) is 16.0 Å². The number of carboxylic acids is 1. The van der Waals surface area contributed by atoms with Gasteiger partial charge in [0.1, 0.15) is 0 Å². The molecule has 1 aliphatic heterocycles. The van der Waals surface area contributed by atoms with E-state index in [1.165, 1.54) is 11.1 Å². The summed E-state index contributed by atoms with van der Waals surface area (Å²) in [7, 11) is 0. The molecule has 2 N–H and O–H groups in total. The van der Waals surface area contributed by atoms with Gasteiger partial charge in [0.05, 0.1) is 12.5 Å². The summed E-state index contributed by atoms with van der Waals surface area (Å²) in [6, 6.07) is 8.65. The molecule has 5 nitrogen and oxygen atoms in total. The van der Waals surface area contributed by atoms with E-state index in [9.17, 15) is 9.59 Å². The quantitative estimate of drug-likeness (QED) is 0.340. The fourth-order valence-corrected chi connectivity index (χ4v) is 3.18. The largest absolute Gasteiger partial charge is 0.481 e. The first-order valence-electron chi connectivity index (χ1n) is 9.47. The fraction of sp³-hybridized carbons (Fsp3) is 0.524. The van der Waals surface area contributed by atoms with Gasteiger partial charge in [0.15, 0.2) is 0 Å². The average molecular weight is 359 g/mol. The van der Waals surface area contributed by atoms with Crippen molar-refractivity contribution in [1.82, 2.24) is 4.90 Å². The number of β-lactam (4-membered cyclic amide) rings is 1. The maximum atomic E-state index is 11.9. The first-order valence-corrected chi connectivity index (χ1v) is 9.47. The minimum absolute atomic E-state index is 0.148. The number of hydrogen-bond donors (Lipinski definition) is 2. The summed E-state index contributed by atoms with van der Waals surface area (Å²) in [6.07, 6.45) is 10.0. The second kappa shape index (κ2) is 10.8. The van der Waals surface area contributed by atoms with Gasteiger partial charge in [-0.1, -0.05) is 42.8 Å². The highest BCUT2D eigenvalue weighted by atomic mass is 16.4. The maximum absolute atomic E-state index is 11.9. The minimum Gasteiger partial charge on any atom is -0.481 e. The number of carbonyl (C=O) groups is 2. The highest BCUT2D eigenvalue weighted by Gasteiger charge is 2.35. The molecule has 142 valence electrons. The summed E-state index contributed by atoms with van der Waals surface area (Å²) in [5.74, 6) is -0.605. The van der Waals surface area contributed by atoms with E-state index in [0.29, 0.717) is 19.4 Å². The van der Waals surface area contributed by atoms with Crippen LogP contribution in [0.3, 0.4) is 0 Å². The molecule has 26 heavy (non-hydrogen) atoms. The normalized spacial score (nSPS) is 16.9. The van der Waals surface area contributed by atoms with Crippen LogP contribution in [0.4, 0.5) is 0 Å². The van der Waals surface area contributed by atoms with Crippen molar-refractivity contribution in [3.8, 4) is 0 Å². The molecule has 1 fully saturated rings. The van der Waals surface area contributed by atoms with Crippen LogP contribution < -0.4 is 0 Å². The Hall–Kier alpha value is -2.14. The molecule has 5 heteroatoms. The smallest absolute Gasteiger partial charge is 0.303 e. The number of carboxylic acid groups (broad SMARTS) is 1. The molecule has 1 saturated heterocycles. The number of aliphatic carboxylic acids is 1. The highest BCUT2D eigenvalue weighted by Crippen LogP contribution is 2.34. The number of rotatable bonds is 12. The lowest BCUT2D eigenvalue weighted by molar-refractivity contribution is -0.145. The molecule has 0 aliphatic carbocycles. The standard InChI is InChI=1S/C21H29NO4/c23-15-7-3-4-8-17-10-12-18(13-11-17)19-16-20(24)22(19)14-6-2-1-5-9-21(25)26/h2,6,10-13,19,23H,1,3-5,7-9,14-16H2,(H,25,26)/b6-2-/t19-/m1/s1. The Morgan fingerprint density at radius 1 is 1.12 bits per heavy atom. The first kappa shape index (κ1) is 20.2. The molecule has 1 amide bonds. The van der Waals surface area contributed by atoms with Crippen LogP contribution in [0.1, 0.15) is 62.1 Å². The summed E-state index contributed by atoms with van der Waals surface area (Å²) in [6.45, 7) is 0.845. The van der Waals surface area contributed by atoms with E-state index in [0.717, 1.165) is 32.1 Å². The van der Waals surface area contributed by atoms with Crippen molar-refractivity contribution in [3.05, 3.63) is 47.5 Å². The van der Waals surface area contributed by atoms with Gasteiger partial charge in [-0.3, -0.25) is 9.59 Å². The first-order chi connectivity index (χ1) is 12.6. The Labute approximate surface area is 155 Å². The molecule has 2 rings (SSSR count). The van der Waals surface area contributed by atoms with Crippen molar-refractivity contribution in [2.75, 3.05) is 13.2 Å². The van der Waals surface area contributed by atoms with Gasteiger partial charge in [-0.05, 0) is 43.2 Å². The van der Waals surface area contributed by atoms with E-state index in [1.54, 1.807) is 0 Å². The van der Waals surface area contributed by atoms with E-state index >= 15 is 0 Å². The zero-order chi connectivity index (χ0) is 18.8. The summed E-state index contributed by atoms with van der Waals surface area (Å²) in [5.41, 5.74) is 2.46. The summed E-state index contributed by atoms with van der Waals surface area (Å²) < 4.78 is 0. The molecular formula is C21H29NO4. The minimum atomic E-state index is -0.770. The van der Waals surface area contributed by atoms with Gasteiger partial charge < -0.3 is 15.1 Å². The van der Waals surface area contributed by atoms with Gasteiger partial charge in [-0.25, -0.2) is 0 Å². The topological polar surface area (TPSA) is 77.8 Å². The number of amides is 1. The van der Waals surface area contributed by atoms with E-state index in [-0.39, 0.29) is 25.0 Å². The SMILES string of the molecule is O=C(O)CCC/C=C\CN1C(=O)C[C@@H]1c1ccc(CCCCCO)cc1. The Bertz CT molecular complexity index is 609. The molecule has 0 bridgehead atoms. The third-order valence-electron chi connectivity index (χ3n) is 4.78. The molecule has 1 heterocycles. The molecule has 0 spiro atoms. The predicted octanol–water partition coefficient (Wildman–Crippen LogP) is 3.48. The predicted molar refractivity (Wildman–Crippen MR) is 101 cm³/mol. The third kappa shape index (κ3) is 6.30. The number of aryl methyl sites for hydroxylation is 1. The van der Waals surface area contributed by atoms with Gasteiger partial charge in [-0.15, -0.1) is 0 Å². The van der Waals surface area contributed by atoms with Crippen molar-refractivity contribution < 1.29 is 19.8 Å². The Morgan fingerprint density at radius 2 is 1.88 bits per heavy atom. The third-order valence-corrected chi connectivity index (χ3v) is 4.78. The molecule has 0 unspecified atom stereocenters. The second-order valence-corrected chi connectivity index (χ2v) is 6.80. The van der Waals surface area contributed by atoms with Crippen LogP contribution in [0.2, 0.25) is 0 Å². The Kier molecular flexibility index (Phi) is 8.35. The number of nitrogens with zero attached hydrogens (tertiary/aromatic N) is 1. The molecular weight excluding hydrogens is 330 g/mol. The van der Waals surface area contributed by atoms with Crippen molar-refractivity contribution in [2.24, 2.45) is 0 Å². The number of allylic oxidation sites excluding steroid dienone is 1. The molecule has 1 aromatic carbocycles. The summed E-state index contributed by atoms with van der Waals surface area (Å²) in [5, 5.41) is 17.4. The van der Waals surface area contributed by atoms with Gasteiger partial charge >= 0.3 is 5.97 Å². The second-order valence-electron chi connectivity index (χ2n) is 6.80. The molecule has 1 aliphatic rings. The van der Waals surface area contributed by atoms with E-state index in [2.05, 4.69) is 24.3 Å². The fourth-order valence-electron chi connectivity index (χ4n) is 3.18. The number of benzene rings is 1. The average Bonchev–Trinajstić information content (AvgIpc) is 2.63. The van der Waals surface area contributed by atoms with Crippen molar-refractivity contribution in [2.45, 2.75) is 57.4 Å². The van der Waals surface area contributed by atoms with E-state index < -0.39 is 5.97 Å². The zero-order valence-corrected chi connectivity index (χ0v) is 15.3. The van der Waals surface area contributed by atoms with Crippen LogP contribution in [-0.4, -0.2) is 40.1 Å². The van der Waals surface area contributed by atoms with Gasteiger partial charge in [-0.2, -0.15) is 0 Å². The number of hydrogen-bond acceptors (Lipinski definition) is 3. The lowest BCUT2D eigenvalue weighted by Gasteiger charge is -2.40. The monoisotopic (exact) mass is 359 g/mol. The van der Waals surface area contributed by atoms with Gasteiger partial charge in [0, 0.05) is 19.6 Å². The van der Waals surface area contributed by atoms with Crippen molar-refractivity contribution >= 4 is 11.9 Å². The lowest BCUT2D eigenvalue weighted by Crippen LogP contribution is -2.46. The van der Waals surface area contributed by atoms with Crippen LogP contribution >= 0.6 is 0 Å². The molecule has 1 aromatic rings. The van der Waals surface area contributed by atoms with Crippen LogP contribution in [0.5, 0.6) is 0 Å².